The van der Waals surface area contributed by atoms with Gasteiger partial charge in [0, 0.05) is 12.4 Å². The van der Waals surface area contributed by atoms with Gasteiger partial charge in [0.15, 0.2) is 0 Å². The van der Waals surface area contributed by atoms with Gasteiger partial charge in [0.25, 0.3) is 0 Å². The number of rotatable bonds is 6. The minimum absolute atomic E-state index is 0.126. The molecular formula is C9H19ClN2O4S. The Hall–Kier alpha value is -0.530. The molecule has 0 rings (SSSR count). The van der Waals surface area contributed by atoms with Crippen molar-refractivity contribution in [3.05, 3.63) is 0 Å². The fraction of sp³-hybridized carbons (Fsp3) is 0.889. The molecule has 0 bridgehead atoms. The summed E-state index contributed by atoms with van der Waals surface area (Å²) in [5.41, 5.74) is -0.391. The van der Waals surface area contributed by atoms with Gasteiger partial charge in [-0.15, -0.1) is 11.6 Å². The van der Waals surface area contributed by atoms with Gasteiger partial charge in [0.2, 0.25) is 0 Å². The van der Waals surface area contributed by atoms with Crippen molar-refractivity contribution < 1.29 is 17.9 Å². The van der Waals surface area contributed by atoms with Gasteiger partial charge in [-0.25, -0.2) is 9.52 Å². The fourth-order valence-corrected chi connectivity index (χ4v) is 1.74. The van der Waals surface area contributed by atoms with Crippen LogP contribution < -0.4 is 9.44 Å². The number of carbonyl (C=O) groups excluding carboxylic acids is 1. The molecule has 8 heteroatoms. The molecule has 1 amide bonds. The van der Waals surface area contributed by atoms with E-state index >= 15 is 0 Å². The summed E-state index contributed by atoms with van der Waals surface area (Å²) in [6, 6.07) is 0. The molecule has 0 heterocycles. The number of halogens is 1. The van der Waals surface area contributed by atoms with Crippen LogP contribution in [0.3, 0.4) is 0 Å². The van der Waals surface area contributed by atoms with E-state index in [-0.39, 0.29) is 12.6 Å². The van der Waals surface area contributed by atoms with Crippen LogP contribution in [-0.2, 0) is 14.9 Å². The van der Waals surface area contributed by atoms with Crippen LogP contribution >= 0.6 is 11.6 Å². The molecule has 0 spiro atoms. The first kappa shape index (κ1) is 16.5. The van der Waals surface area contributed by atoms with Crippen LogP contribution in [0.15, 0.2) is 0 Å². The Labute approximate surface area is 107 Å². The van der Waals surface area contributed by atoms with Crippen molar-refractivity contribution in [2.24, 2.45) is 5.41 Å². The van der Waals surface area contributed by atoms with Crippen molar-refractivity contribution in [3.63, 3.8) is 0 Å². The summed E-state index contributed by atoms with van der Waals surface area (Å²) >= 11 is 5.65. The molecule has 17 heavy (non-hydrogen) atoms. The maximum atomic E-state index is 11.4. The summed E-state index contributed by atoms with van der Waals surface area (Å²) in [7, 11) is -3.90. The summed E-state index contributed by atoms with van der Waals surface area (Å²) in [6.45, 7) is 6.97. The van der Waals surface area contributed by atoms with E-state index in [0.29, 0.717) is 5.88 Å². The minimum Gasteiger partial charge on any atom is -0.446 e. The highest BCUT2D eigenvalue weighted by Gasteiger charge is 2.22. The van der Waals surface area contributed by atoms with Gasteiger partial charge >= 0.3 is 16.3 Å². The molecule has 0 saturated carbocycles. The third-order valence-corrected chi connectivity index (χ3v) is 3.35. The second-order valence-electron chi connectivity index (χ2n) is 4.68. The molecule has 0 unspecified atom stereocenters. The predicted octanol–water partition coefficient (Wildman–Crippen LogP) is 1.22. The van der Waals surface area contributed by atoms with Crippen molar-refractivity contribution in [1.29, 1.82) is 0 Å². The van der Waals surface area contributed by atoms with Crippen LogP contribution in [0.5, 0.6) is 0 Å². The van der Waals surface area contributed by atoms with E-state index in [2.05, 4.69) is 9.46 Å². The van der Waals surface area contributed by atoms with E-state index in [1.807, 2.05) is 0 Å². The molecule has 0 aromatic carbocycles. The van der Waals surface area contributed by atoms with Crippen molar-refractivity contribution in [2.45, 2.75) is 33.8 Å². The zero-order valence-electron chi connectivity index (χ0n) is 10.4. The first-order valence-electron chi connectivity index (χ1n) is 5.12. The molecule has 0 aromatic rings. The normalized spacial score (nSPS) is 12.6. The van der Waals surface area contributed by atoms with Gasteiger partial charge in [0.05, 0.1) is 6.10 Å². The molecule has 0 aliphatic rings. The maximum Gasteiger partial charge on any atom is 0.422 e. The number of alkyl halides is 1. The summed E-state index contributed by atoms with van der Waals surface area (Å²) in [5.74, 6) is 0.298. The molecule has 102 valence electrons. The van der Waals surface area contributed by atoms with Crippen molar-refractivity contribution in [1.82, 2.24) is 9.44 Å². The second kappa shape index (κ2) is 6.42. The third-order valence-electron chi connectivity index (χ3n) is 1.66. The summed E-state index contributed by atoms with van der Waals surface area (Å²) in [6.07, 6.45) is -1.39. The molecule has 0 saturated heterocycles. The fourth-order valence-electron chi connectivity index (χ4n) is 0.722. The van der Waals surface area contributed by atoms with E-state index in [9.17, 15) is 13.2 Å². The molecule has 0 aromatic heterocycles. The molecule has 6 nitrogen and oxygen atoms in total. The number of hydrogen-bond donors (Lipinski definition) is 2. The predicted molar refractivity (Wildman–Crippen MR) is 66.2 cm³/mol. The van der Waals surface area contributed by atoms with Gasteiger partial charge in [-0.2, -0.15) is 13.1 Å². The Morgan fingerprint density at radius 2 is 1.94 bits per heavy atom. The standard InChI is InChI=1S/C9H19ClN2O4S/c1-7(2)16-8(13)12-17(14,15)11-6-9(3,4)5-10/h7,11H,5-6H2,1-4H3,(H,12,13). The summed E-state index contributed by atoms with van der Waals surface area (Å²) < 4.78 is 31.5. The average Bonchev–Trinajstić information content (AvgIpc) is 2.13. The Kier molecular flexibility index (Phi) is 6.22. The Bertz CT molecular complexity index is 354. The molecule has 0 aliphatic heterocycles. The van der Waals surface area contributed by atoms with Crippen molar-refractivity contribution in [3.8, 4) is 0 Å². The molecule has 0 fully saturated rings. The highest BCUT2D eigenvalue weighted by Crippen LogP contribution is 2.15. The van der Waals surface area contributed by atoms with E-state index in [1.165, 1.54) is 0 Å². The van der Waals surface area contributed by atoms with Gasteiger partial charge in [-0.1, -0.05) is 13.8 Å². The number of ether oxygens (including phenoxy) is 1. The Morgan fingerprint density at radius 3 is 2.35 bits per heavy atom. The van der Waals surface area contributed by atoms with Crippen LogP contribution in [0, 0.1) is 5.41 Å². The maximum absolute atomic E-state index is 11.4. The molecule has 0 radical (unpaired) electrons. The smallest absolute Gasteiger partial charge is 0.422 e. The van der Waals surface area contributed by atoms with E-state index in [4.69, 9.17) is 11.6 Å². The monoisotopic (exact) mass is 286 g/mol. The van der Waals surface area contributed by atoms with Crippen molar-refractivity contribution in [2.75, 3.05) is 12.4 Å². The van der Waals surface area contributed by atoms with Crippen LogP contribution in [0.25, 0.3) is 0 Å². The number of nitrogens with one attached hydrogen (secondary N) is 2. The number of amides is 1. The first-order chi connectivity index (χ1) is 7.58. The van der Waals surface area contributed by atoms with Crippen LogP contribution in [0.1, 0.15) is 27.7 Å². The van der Waals surface area contributed by atoms with Gasteiger partial charge in [0.1, 0.15) is 0 Å². The van der Waals surface area contributed by atoms with Crippen LogP contribution in [-0.4, -0.2) is 33.0 Å². The van der Waals surface area contributed by atoms with Gasteiger partial charge in [-0.3, -0.25) is 0 Å². The second-order valence-corrected chi connectivity index (χ2v) is 6.45. The molecular weight excluding hydrogens is 268 g/mol. The average molecular weight is 287 g/mol. The lowest BCUT2D eigenvalue weighted by molar-refractivity contribution is 0.121. The summed E-state index contributed by atoms with van der Waals surface area (Å²) in [4.78, 5) is 11.1. The van der Waals surface area contributed by atoms with Crippen LogP contribution in [0.2, 0.25) is 0 Å². The Balaban J connectivity index is 4.27. The van der Waals surface area contributed by atoms with Crippen molar-refractivity contribution >= 4 is 27.9 Å². The van der Waals surface area contributed by atoms with E-state index in [1.54, 1.807) is 32.4 Å². The van der Waals surface area contributed by atoms with Gasteiger partial charge < -0.3 is 4.74 Å². The third kappa shape index (κ3) is 8.23. The molecule has 0 atom stereocenters. The highest BCUT2D eigenvalue weighted by molar-refractivity contribution is 7.88. The zero-order chi connectivity index (χ0) is 13.7. The Morgan fingerprint density at radius 1 is 1.41 bits per heavy atom. The lowest BCUT2D eigenvalue weighted by Gasteiger charge is -2.21. The van der Waals surface area contributed by atoms with Gasteiger partial charge in [-0.05, 0) is 19.3 Å². The van der Waals surface area contributed by atoms with E-state index in [0.717, 1.165) is 0 Å². The lowest BCUT2D eigenvalue weighted by Crippen LogP contribution is -2.44. The number of carbonyl (C=O) groups is 1. The SMILES string of the molecule is CC(C)OC(=O)NS(=O)(=O)NCC(C)(C)CCl. The van der Waals surface area contributed by atoms with E-state index < -0.39 is 21.7 Å². The number of hydrogen-bond acceptors (Lipinski definition) is 4. The van der Waals surface area contributed by atoms with Crippen LogP contribution in [0.4, 0.5) is 4.79 Å². The summed E-state index contributed by atoms with van der Waals surface area (Å²) in [5, 5.41) is 0. The quantitative estimate of drug-likeness (QED) is 0.719. The minimum atomic E-state index is -3.90. The molecule has 0 aliphatic carbocycles. The highest BCUT2D eigenvalue weighted by atomic mass is 35.5. The topological polar surface area (TPSA) is 84.5 Å². The first-order valence-corrected chi connectivity index (χ1v) is 7.14. The largest absolute Gasteiger partial charge is 0.446 e. The molecule has 2 N–H and O–H groups in total. The zero-order valence-corrected chi connectivity index (χ0v) is 12.0. The lowest BCUT2D eigenvalue weighted by atomic mass is 9.97.